The second kappa shape index (κ2) is 7.37. The van der Waals surface area contributed by atoms with Crippen LogP contribution in [0.15, 0.2) is 0 Å². The van der Waals surface area contributed by atoms with Gasteiger partial charge in [0, 0.05) is 25.5 Å². The second-order valence-electron chi connectivity index (χ2n) is 5.30. The Labute approximate surface area is 126 Å². The molecule has 0 amide bonds. The fraction of sp³-hybridized carbons (Fsp3) is 1.00. The third kappa shape index (κ3) is 6.23. The van der Waals surface area contributed by atoms with E-state index < -0.39 is 20.2 Å². The summed E-state index contributed by atoms with van der Waals surface area (Å²) in [7, 11) is -7.08. The largest absolute Gasteiger partial charge is 0.274 e. The molecule has 1 heterocycles. The fourth-order valence-electron chi connectivity index (χ4n) is 2.19. The molecule has 1 rings (SSSR count). The van der Waals surface area contributed by atoms with Crippen LogP contribution in [0, 0.1) is 11.8 Å². The molecule has 0 saturated carbocycles. The number of nitrogens with two attached hydrogens (primary N) is 1. The van der Waals surface area contributed by atoms with E-state index in [0.717, 1.165) is 6.42 Å². The van der Waals surface area contributed by atoms with Gasteiger partial charge in [0.15, 0.2) is 0 Å². The predicted octanol–water partition coefficient (Wildman–Crippen LogP) is -0.304. The van der Waals surface area contributed by atoms with Gasteiger partial charge in [-0.15, -0.1) is 11.6 Å². The van der Waals surface area contributed by atoms with E-state index in [1.54, 1.807) is 6.92 Å². The van der Waals surface area contributed by atoms with Crippen LogP contribution in [0.25, 0.3) is 0 Å². The van der Waals surface area contributed by atoms with E-state index in [-0.39, 0.29) is 24.1 Å². The zero-order valence-corrected chi connectivity index (χ0v) is 13.8. The highest BCUT2D eigenvalue weighted by atomic mass is 35.5. The van der Waals surface area contributed by atoms with Crippen molar-refractivity contribution in [1.29, 1.82) is 0 Å². The van der Waals surface area contributed by atoms with Gasteiger partial charge < -0.3 is 0 Å². The lowest BCUT2D eigenvalue weighted by Gasteiger charge is -2.32. The topological polar surface area (TPSA) is 110 Å². The van der Waals surface area contributed by atoms with Crippen molar-refractivity contribution in [1.82, 2.24) is 9.03 Å². The number of nitrogens with zero attached hydrogens (tertiary/aromatic N) is 1. The molecule has 20 heavy (non-hydrogen) atoms. The minimum Gasteiger partial charge on any atom is -0.216 e. The van der Waals surface area contributed by atoms with Crippen LogP contribution in [0.2, 0.25) is 0 Å². The monoisotopic (exact) mass is 347 g/mol. The third-order valence-electron chi connectivity index (χ3n) is 3.21. The van der Waals surface area contributed by atoms with Crippen LogP contribution < -0.4 is 9.86 Å². The molecule has 0 bridgehead atoms. The van der Waals surface area contributed by atoms with Gasteiger partial charge in [0.05, 0.1) is 5.75 Å². The van der Waals surface area contributed by atoms with Gasteiger partial charge in [0.2, 0.25) is 10.0 Å². The van der Waals surface area contributed by atoms with E-state index in [0.29, 0.717) is 25.4 Å². The highest BCUT2D eigenvalue weighted by Gasteiger charge is 2.30. The molecule has 0 aromatic heterocycles. The maximum atomic E-state index is 12.2. The van der Waals surface area contributed by atoms with E-state index in [1.807, 2.05) is 0 Å². The lowest BCUT2D eigenvalue weighted by molar-refractivity contribution is 0.266. The predicted molar refractivity (Wildman–Crippen MR) is 79.1 cm³/mol. The van der Waals surface area contributed by atoms with E-state index in [4.69, 9.17) is 16.7 Å². The van der Waals surface area contributed by atoms with Crippen molar-refractivity contribution in [2.75, 3.05) is 31.3 Å². The average Bonchev–Trinajstić information content (AvgIpc) is 2.35. The summed E-state index contributed by atoms with van der Waals surface area (Å²) in [5.41, 5.74) is 0. The molecular formula is C10H22ClN3O4S2. The zero-order valence-electron chi connectivity index (χ0n) is 11.5. The molecule has 2 unspecified atom stereocenters. The number of nitrogens with one attached hydrogen (secondary N) is 1. The van der Waals surface area contributed by atoms with Crippen molar-refractivity contribution in [3.8, 4) is 0 Å². The molecule has 0 spiro atoms. The van der Waals surface area contributed by atoms with Gasteiger partial charge in [-0.3, -0.25) is 0 Å². The summed E-state index contributed by atoms with van der Waals surface area (Å²) in [5, 5.41) is 4.87. The van der Waals surface area contributed by atoms with E-state index >= 15 is 0 Å². The number of sulfonamides is 1. The molecule has 1 saturated heterocycles. The van der Waals surface area contributed by atoms with Crippen molar-refractivity contribution in [2.24, 2.45) is 17.0 Å². The van der Waals surface area contributed by atoms with Crippen LogP contribution in [0.1, 0.15) is 19.8 Å². The molecule has 0 aliphatic carbocycles. The smallest absolute Gasteiger partial charge is 0.216 e. The normalized spacial score (nSPS) is 23.6. The number of halogens is 1. The van der Waals surface area contributed by atoms with E-state index in [1.165, 1.54) is 4.31 Å². The van der Waals surface area contributed by atoms with Crippen LogP contribution in [-0.4, -0.2) is 52.4 Å². The number of piperidine rings is 1. The standard InChI is InChI=1S/C10H22ClN3O4S2/c1-9(5-11)8-19(15,16)14-4-2-3-10(7-14)6-13-20(12,17)18/h9-10,13H,2-8H2,1H3,(H2,12,17,18). The first-order valence-electron chi connectivity index (χ1n) is 6.45. The van der Waals surface area contributed by atoms with Gasteiger partial charge in [-0.2, -0.15) is 8.42 Å². The van der Waals surface area contributed by atoms with Crippen molar-refractivity contribution in [3.63, 3.8) is 0 Å². The van der Waals surface area contributed by atoms with Crippen molar-refractivity contribution >= 4 is 31.8 Å². The number of alkyl halides is 1. The Morgan fingerprint density at radius 1 is 1.40 bits per heavy atom. The molecule has 1 aliphatic heterocycles. The Balaban J connectivity index is 2.60. The number of rotatable bonds is 7. The summed E-state index contributed by atoms with van der Waals surface area (Å²) in [6.07, 6.45) is 1.49. The lowest BCUT2D eigenvalue weighted by Crippen LogP contribution is -2.45. The zero-order chi connectivity index (χ0) is 15.4. The highest BCUT2D eigenvalue weighted by molar-refractivity contribution is 7.89. The van der Waals surface area contributed by atoms with Crippen LogP contribution in [0.5, 0.6) is 0 Å². The van der Waals surface area contributed by atoms with Crippen LogP contribution in [-0.2, 0) is 20.2 Å². The van der Waals surface area contributed by atoms with Gasteiger partial charge >= 0.3 is 0 Å². The maximum absolute atomic E-state index is 12.2. The Kier molecular flexibility index (Phi) is 6.68. The van der Waals surface area contributed by atoms with Crippen molar-refractivity contribution < 1.29 is 16.8 Å². The van der Waals surface area contributed by atoms with E-state index in [2.05, 4.69) is 4.72 Å². The summed E-state index contributed by atoms with van der Waals surface area (Å²) in [4.78, 5) is 0. The summed E-state index contributed by atoms with van der Waals surface area (Å²) < 4.78 is 49.8. The minimum absolute atomic E-state index is 0.0197. The quantitative estimate of drug-likeness (QED) is 0.616. The van der Waals surface area contributed by atoms with Crippen molar-refractivity contribution in [2.45, 2.75) is 19.8 Å². The van der Waals surface area contributed by atoms with Gasteiger partial charge in [-0.25, -0.2) is 22.6 Å². The second-order valence-corrected chi connectivity index (χ2v) is 9.00. The fourth-order valence-corrected chi connectivity index (χ4v) is 4.79. The summed E-state index contributed by atoms with van der Waals surface area (Å²) >= 11 is 5.65. The summed E-state index contributed by atoms with van der Waals surface area (Å²) in [6, 6.07) is 0. The Hall–Kier alpha value is 0.0700. The van der Waals surface area contributed by atoms with Gasteiger partial charge in [0.25, 0.3) is 10.2 Å². The van der Waals surface area contributed by atoms with Gasteiger partial charge in [0.1, 0.15) is 0 Å². The number of hydrogen-bond donors (Lipinski definition) is 2. The van der Waals surface area contributed by atoms with Gasteiger partial charge in [-0.1, -0.05) is 6.92 Å². The highest BCUT2D eigenvalue weighted by Crippen LogP contribution is 2.20. The Morgan fingerprint density at radius 3 is 2.60 bits per heavy atom. The Bertz CT molecular complexity index is 509. The maximum Gasteiger partial charge on any atom is 0.274 e. The molecule has 3 N–H and O–H groups in total. The van der Waals surface area contributed by atoms with Crippen LogP contribution in [0.4, 0.5) is 0 Å². The van der Waals surface area contributed by atoms with Crippen molar-refractivity contribution in [3.05, 3.63) is 0 Å². The Morgan fingerprint density at radius 2 is 2.05 bits per heavy atom. The molecule has 120 valence electrons. The SMILES string of the molecule is CC(CCl)CS(=O)(=O)N1CCCC(CNS(N)(=O)=O)C1. The molecule has 7 nitrogen and oxygen atoms in total. The van der Waals surface area contributed by atoms with Crippen LogP contribution in [0.3, 0.4) is 0 Å². The molecule has 0 aromatic rings. The minimum atomic E-state index is -3.73. The molecule has 10 heteroatoms. The lowest BCUT2D eigenvalue weighted by atomic mass is 10.0. The first kappa shape index (κ1) is 18.1. The van der Waals surface area contributed by atoms with Crippen LogP contribution >= 0.6 is 11.6 Å². The molecule has 2 atom stereocenters. The van der Waals surface area contributed by atoms with E-state index in [9.17, 15) is 16.8 Å². The molecular weight excluding hydrogens is 326 g/mol. The first-order valence-corrected chi connectivity index (χ1v) is 10.1. The molecule has 0 aromatic carbocycles. The van der Waals surface area contributed by atoms with Gasteiger partial charge in [-0.05, 0) is 24.7 Å². The average molecular weight is 348 g/mol. The molecule has 1 fully saturated rings. The molecule has 0 radical (unpaired) electrons. The summed E-state index contributed by atoms with van der Waals surface area (Å²) in [6.45, 7) is 2.74. The third-order valence-corrected chi connectivity index (χ3v) is 6.41. The molecule has 1 aliphatic rings. The summed E-state index contributed by atoms with van der Waals surface area (Å²) in [5.74, 6) is 0.155. The first-order chi connectivity index (χ1) is 9.14. The number of hydrogen-bond acceptors (Lipinski definition) is 4.